The molecular weight excluding hydrogens is 431 g/mol. The Hall–Kier alpha value is -2.54. The molecule has 1 amide bonds. The summed E-state index contributed by atoms with van der Waals surface area (Å²) in [5.74, 6) is -0.237. The summed E-state index contributed by atoms with van der Waals surface area (Å²) in [5.41, 5.74) is 3.38. The lowest BCUT2D eigenvalue weighted by molar-refractivity contribution is 0.102. The van der Waals surface area contributed by atoms with E-state index in [1.54, 1.807) is 36.4 Å². The summed E-state index contributed by atoms with van der Waals surface area (Å²) in [6.45, 7) is 3.84. The van der Waals surface area contributed by atoms with Crippen LogP contribution in [0.25, 0.3) is 0 Å². The molecule has 0 fully saturated rings. The van der Waals surface area contributed by atoms with Crippen molar-refractivity contribution in [1.82, 2.24) is 0 Å². The van der Waals surface area contributed by atoms with Crippen LogP contribution in [0.1, 0.15) is 21.5 Å². The second-order valence-electron chi connectivity index (χ2n) is 6.51. The number of amides is 1. The lowest BCUT2D eigenvalue weighted by Gasteiger charge is -2.12. The summed E-state index contributed by atoms with van der Waals surface area (Å²) in [6, 6.07) is 16.3. The van der Waals surface area contributed by atoms with Gasteiger partial charge in [0.25, 0.3) is 15.9 Å². The first kappa shape index (κ1) is 21.2. The Morgan fingerprint density at radius 2 is 1.45 bits per heavy atom. The molecular formula is C21H18Cl2N2O3S. The van der Waals surface area contributed by atoms with E-state index in [-0.39, 0.29) is 20.8 Å². The van der Waals surface area contributed by atoms with Crippen LogP contribution in [-0.2, 0) is 10.0 Å². The van der Waals surface area contributed by atoms with Gasteiger partial charge in [0.1, 0.15) is 4.90 Å². The van der Waals surface area contributed by atoms with Crippen molar-refractivity contribution in [3.05, 3.63) is 87.4 Å². The number of sulfonamides is 1. The molecule has 0 saturated carbocycles. The van der Waals surface area contributed by atoms with Crippen LogP contribution in [0.5, 0.6) is 0 Å². The molecule has 0 unspecified atom stereocenters. The topological polar surface area (TPSA) is 75.3 Å². The Labute approximate surface area is 179 Å². The highest BCUT2D eigenvalue weighted by molar-refractivity contribution is 7.93. The molecule has 0 saturated heterocycles. The summed E-state index contributed by atoms with van der Waals surface area (Å²) >= 11 is 12.0. The van der Waals surface area contributed by atoms with Crippen molar-refractivity contribution in [2.45, 2.75) is 18.7 Å². The molecule has 8 heteroatoms. The van der Waals surface area contributed by atoms with Crippen LogP contribution in [-0.4, -0.2) is 14.3 Å². The van der Waals surface area contributed by atoms with Crippen LogP contribution in [0.2, 0.25) is 10.0 Å². The fourth-order valence-electron chi connectivity index (χ4n) is 2.83. The highest BCUT2D eigenvalue weighted by atomic mass is 35.5. The molecule has 0 bridgehead atoms. The van der Waals surface area contributed by atoms with Crippen LogP contribution in [0.15, 0.2) is 65.6 Å². The molecule has 0 aliphatic rings. The lowest BCUT2D eigenvalue weighted by Crippen LogP contribution is -2.15. The van der Waals surface area contributed by atoms with Gasteiger partial charge in [-0.1, -0.05) is 47.0 Å². The number of rotatable bonds is 5. The van der Waals surface area contributed by atoms with Crippen LogP contribution < -0.4 is 10.0 Å². The van der Waals surface area contributed by atoms with Crippen LogP contribution in [0.4, 0.5) is 11.4 Å². The van der Waals surface area contributed by atoms with E-state index in [1.165, 1.54) is 12.1 Å². The Morgan fingerprint density at radius 3 is 2.03 bits per heavy atom. The standard InChI is InChI=1S/C21H18Cl2N2O3S/c1-13-6-11-17(14(2)12-13)21(26)24-15-7-9-16(10-8-15)25-29(27,28)20-18(22)4-3-5-19(20)23/h3-12,25H,1-2H3,(H,24,26). The Bertz CT molecular complexity index is 1160. The molecule has 0 aromatic heterocycles. The van der Waals surface area contributed by atoms with E-state index in [4.69, 9.17) is 23.2 Å². The van der Waals surface area contributed by atoms with Crippen molar-refractivity contribution < 1.29 is 13.2 Å². The maximum atomic E-state index is 12.6. The molecule has 2 N–H and O–H groups in total. The number of benzene rings is 3. The predicted octanol–water partition coefficient (Wildman–Crippen LogP) is 5.66. The van der Waals surface area contributed by atoms with Gasteiger partial charge >= 0.3 is 0 Å². The van der Waals surface area contributed by atoms with Gasteiger partial charge in [-0.25, -0.2) is 8.42 Å². The van der Waals surface area contributed by atoms with E-state index < -0.39 is 10.0 Å². The fourth-order valence-corrected chi connectivity index (χ4v) is 5.04. The highest BCUT2D eigenvalue weighted by Gasteiger charge is 2.21. The summed E-state index contributed by atoms with van der Waals surface area (Å²) in [5, 5.41) is 2.86. The maximum absolute atomic E-state index is 12.6. The number of aryl methyl sites for hydroxylation is 2. The Morgan fingerprint density at radius 1 is 0.862 bits per heavy atom. The minimum absolute atomic E-state index is 0.0300. The van der Waals surface area contributed by atoms with Gasteiger partial charge in [0.2, 0.25) is 0 Å². The smallest absolute Gasteiger partial charge is 0.264 e. The van der Waals surface area contributed by atoms with Crippen molar-refractivity contribution in [3.8, 4) is 0 Å². The van der Waals surface area contributed by atoms with E-state index in [0.29, 0.717) is 16.9 Å². The number of hydrogen-bond acceptors (Lipinski definition) is 3. The number of nitrogens with one attached hydrogen (secondary N) is 2. The zero-order valence-electron chi connectivity index (χ0n) is 15.7. The summed E-state index contributed by atoms with van der Waals surface area (Å²) in [4.78, 5) is 12.3. The molecule has 3 aromatic rings. The minimum atomic E-state index is -3.96. The van der Waals surface area contributed by atoms with Crippen molar-refractivity contribution in [1.29, 1.82) is 0 Å². The van der Waals surface area contributed by atoms with Crippen molar-refractivity contribution in [2.75, 3.05) is 10.0 Å². The van der Waals surface area contributed by atoms with Crippen LogP contribution >= 0.6 is 23.2 Å². The molecule has 29 heavy (non-hydrogen) atoms. The first-order valence-corrected chi connectivity index (χ1v) is 10.9. The van der Waals surface area contributed by atoms with Gasteiger partial charge in [-0.05, 0) is 61.9 Å². The third-order valence-electron chi connectivity index (χ3n) is 4.21. The largest absolute Gasteiger partial charge is 0.322 e. The molecule has 0 atom stereocenters. The number of carbonyl (C=O) groups excluding carboxylic acids is 1. The van der Waals surface area contributed by atoms with Gasteiger partial charge in [-0.3, -0.25) is 9.52 Å². The maximum Gasteiger partial charge on any atom is 0.264 e. The zero-order valence-corrected chi connectivity index (χ0v) is 18.0. The van der Waals surface area contributed by atoms with Gasteiger partial charge in [0.05, 0.1) is 10.0 Å². The van der Waals surface area contributed by atoms with E-state index >= 15 is 0 Å². The molecule has 150 valence electrons. The minimum Gasteiger partial charge on any atom is -0.322 e. The third kappa shape index (κ3) is 4.90. The SMILES string of the molecule is Cc1ccc(C(=O)Nc2ccc(NS(=O)(=O)c3c(Cl)cccc3Cl)cc2)c(C)c1. The molecule has 0 aliphatic heterocycles. The number of anilines is 2. The average molecular weight is 449 g/mol. The van der Waals surface area contributed by atoms with Gasteiger partial charge < -0.3 is 5.32 Å². The van der Waals surface area contributed by atoms with Gasteiger partial charge in [0.15, 0.2) is 0 Å². The molecule has 0 radical (unpaired) electrons. The van der Waals surface area contributed by atoms with E-state index in [1.807, 2.05) is 26.0 Å². The third-order valence-corrected chi connectivity index (χ3v) is 6.54. The predicted molar refractivity (Wildman–Crippen MR) is 118 cm³/mol. The van der Waals surface area contributed by atoms with E-state index in [0.717, 1.165) is 11.1 Å². The van der Waals surface area contributed by atoms with Gasteiger partial charge in [-0.15, -0.1) is 0 Å². The second kappa shape index (κ2) is 8.45. The van der Waals surface area contributed by atoms with Crippen LogP contribution in [0.3, 0.4) is 0 Å². The zero-order chi connectivity index (χ0) is 21.2. The Balaban J connectivity index is 1.76. The molecule has 3 aromatic carbocycles. The van der Waals surface area contributed by atoms with E-state index in [2.05, 4.69) is 10.0 Å². The molecule has 5 nitrogen and oxygen atoms in total. The molecule has 0 spiro atoms. The van der Waals surface area contributed by atoms with Gasteiger partial charge in [-0.2, -0.15) is 0 Å². The molecule has 0 aliphatic carbocycles. The first-order valence-electron chi connectivity index (χ1n) is 8.63. The fraction of sp³-hybridized carbons (Fsp3) is 0.0952. The van der Waals surface area contributed by atoms with Crippen molar-refractivity contribution >= 4 is 50.5 Å². The van der Waals surface area contributed by atoms with Crippen molar-refractivity contribution in [2.24, 2.45) is 0 Å². The van der Waals surface area contributed by atoms with E-state index in [9.17, 15) is 13.2 Å². The summed E-state index contributed by atoms with van der Waals surface area (Å²) in [6.07, 6.45) is 0. The normalized spacial score (nSPS) is 11.2. The number of halogens is 2. The quantitative estimate of drug-likeness (QED) is 0.528. The van der Waals surface area contributed by atoms with Crippen LogP contribution in [0, 0.1) is 13.8 Å². The summed E-state index contributed by atoms with van der Waals surface area (Å²) in [7, 11) is -3.96. The van der Waals surface area contributed by atoms with Crippen molar-refractivity contribution in [3.63, 3.8) is 0 Å². The monoisotopic (exact) mass is 448 g/mol. The second-order valence-corrected chi connectivity index (χ2v) is 8.94. The number of hydrogen-bond donors (Lipinski definition) is 2. The summed E-state index contributed by atoms with van der Waals surface area (Å²) < 4.78 is 27.6. The number of carbonyl (C=O) groups is 1. The highest BCUT2D eigenvalue weighted by Crippen LogP contribution is 2.30. The Kier molecular flexibility index (Phi) is 6.17. The molecule has 3 rings (SSSR count). The lowest BCUT2D eigenvalue weighted by atomic mass is 10.1. The molecule has 0 heterocycles. The average Bonchev–Trinajstić information content (AvgIpc) is 2.62. The van der Waals surface area contributed by atoms with Gasteiger partial charge in [0, 0.05) is 16.9 Å². The first-order chi connectivity index (χ1) is 13.7.